The van der Waals surface area contributed by atoms with Crippen molar-refractivity contribution in [2.75, 3.05) is 11.9 Å². The van der Waals surface area contributed by atoms with E-state index in [9.17, 15) is 4.79 Å². The standard InChI is InChI=1S/C26H28N2O2S/c1-5-30-25(29)21-13-12-18(3)23(16-21)27-26(31)28-24(20-9-7-6-8-10-20)22-14-11-17(2)15-19(22)4/h6-16,24H,5H2,1-4H3,(H2,27,28,31). The molecule has 0 fully saturated rings. The molecule has 2 N–H and O–H groups in total. The third-order valence-electron chi connectivity index (χ3n) is 5.14. The summed E-state index contributed by atoms with van der Waals surface area (Å²) in [5.74, 6) is -0.345. The van der Waals surface area contributed by atoms with Gasteiger partial charge < -0.3 is 15.4 Å². The fourth-order valence-electron chi connectivity index (χ4n) is 3.52. The van der Waals surface area contributed by atoms with Crippen LogP contribution in [0.1, 0.15) is 51.1 Å². The Morgan fingerprint density at radius 2 is 1.71 bits per heavy atom. The predicted molar refractivity (Wildman–Crippen MR) is 131 cm³/mol. The molecule has 0 bridgehead atoms. The smallest absolute Gasteiger partial charge is 0.338 e. The highest BCUT2D eigenvalue weighted by molar-refractivity contribution is 7.80. The van der Waals surface area contributed by atoms with Gasteiger partial charge in [-0.2, -0.15) is 0 Å². The third kappa shape index (κ3) is 5.70. The van der Waals surface area contributed by atoms with Crippen LogP contribution in [0.4, 0.5) is 5.69 Å². The van der Waals surface area contributed by atoms with Gasteiger partial charge in [0.1, 0.15) is 0 Å². The van der Waals surface area contributed by atoms with Gasteiger partial charge in [0.25, 0.3) is 0 Å². The minimum Gasteiger partial charge on any atom is -0.462 e. The van der Waals surface area contributed by atoms with Crippen LogP contribution in [0.15, 0.2) is 66.7 Å². The first-order chi connectivity index (χ1) is 14.9. The van der Waals surface area contributed by atoms with Gasteiger partial charge >= 0.3 is 5.97 Å². The number of rotatable bonds is 6. The molecule has 1 unspecified atom stereocenters. The van der Waals surface area contributed by atoms with E-state index in [-0.39, 0.29) is 12.0 Å². The molecule has 0 aliphatic carbocycles. The maximum Gasteiger partial charge on any atom is 0.338 e. The summed E-state index contributed by atoms with van der Waals surface area (Å²) in [6.45, 7) is 8.31. The van der Waals surface area contributed by atoms with Crippen LogP contribution in [0.2, 0.25) is 0 Å². The molecule has 1 atom stereocenters. The summed E-state index contributed by atoms with van der Waals surface area (Å²) in [5, 5.41) is 7.21. The SMILES string of the molecule is CCOC(=O)c1ccc(C)c(NC(=S)NC(c2ccccc2)c2ccc(C)cc2C)c1. The quantitative estimate of drug-likeness (QED) is 0.377. The number of esters is 1. The van der Waals surface area contributed by atoms with Crippen molar-refractivity contribution in [1.82, 2.24) is 5.32 Å². The Bertz CT molecular complexity index is 1080. The minimum absolute atomic E-state index is 0.102. The maximum absolute atomic E-state index is 12.1. The molecule has 0 heterocycles. The Labute approximate surface area is 189 Å². The number of anilines is 1. The Morgan fingerprint density at radius 1 is 0.968 bits per heavy atom. The summed E-state index contributed by atoms with van der Waals surface area (Å²) < 4.78 is 5.12. The van der Waals surface area contributed by atoms with Crippen LogP contribution < -0.4 is 10.6 Å². The largest absolute Gasteiger partial charge is 0.462 e. The molecule has 0 aliphatic heterocycles. The van der Waals surface area contributed by atoms with Crippen LogP contribution in [-0.4, -0.2) is 17.7 Å². The number of carbonyl (C=O) groups excluding carboxylic acids is 1. The number of ether oxygens (including phenoxy) is 1. The second kappa shape index (κ2) is 10.2. The topological polar surface area (TPSA) is 50.4 Å². The third-order valence-corrected chi connectivity index (χ3v) is 5.36. The fourth-order valence-corrected chi connectivity index (χ4v) is 3.75. The van der Waals surface area contributed by atoms with Crippen LogP contribution in [0.25, 0.3) is 0 Å². The van der Waals surface area contributed by atoms with Gasteiger partial charge in [0, 0.05) is 5.69 Å². The summed E-state index contributed by atoms with van der Waals surface area (Å²) in [4.78, 5) is 12.1. The molecule has 0 aromatic heterocycles. The van der Waals surface area contributed by atoms with E-state index in [1.807, 2.05) is 31.2 Å². The number of hydrogen-bond acceptors (Lipinski definition) is 3. The van der Waals surface area contributed by atoms with Gasteiger partial charge in [0.05, 0.1) is 18.2 Å². The summed E-state index contributed by atoms with van der Waals surface area (Å²) in [5.41, 5.74) is 6.96. The lowest BCUT2D eigenvalue weighted by atomic mass is 9.94. The molecule has 3 aromatic rings. The van der Waals surface area contributed by atoms with Gasteiger partial charge in [-0.05, 0) is 74.3 Å². The zero-order valence-electron chi connectivity index (χ0n) is 18.4. The van der Waals surface area contributed by atoms with E-state index < -0.39 is 0 Å². The molecular formula is C26H28N2O2S. The summed E-state index contributed by atoms with van der Waals surface area (Å²) >= 11 is 5.66. The van der Waals surface area contributed by atoms with E-state index >= 15 is 0 Å². The number of thiocarbonyl (C=S) groups is 1. The normalized spacial score (nSPS) is 11.5. The molecule has 3 rings (SSSR count). The monoisotopic (exact) mass is 432 g/mol. The minimum atomic E-state index is -0.345. The van der Waals surface area contributed by atoms with Crippen LogP contribution in [0.3, 0.4) is 0 Å². The van der Waals surface area contributed by atoms with E-state index in [4.69, 9.17) is 17.0 Å². The van der Waals surface area contributed by atoms with Crippen LogP contribution in [-0.2, 0) is 4.74 Å². The lowest BCUT2D eigenvalue weighted by Gasteiger charge is -2.24. The first kappa shape index (κ1) is 22.5. The molecule has 160 valence electrons. The van der Waals surface area contributed by atoms with E-state index in [1.165, 1.54) is 11.1 Å². The average molecular weight is 433 g/mol. The number of nitrogens with one attached hydrogen (secondary N) is 2. The second-order valence-electron chi connectivity index (χ2n) is 7.55. The Balaban J connectivity index is 1.86. The van der Waals surface area contributed by atoms with Crippen LogP contribution in [0.5, 0.6) is 0 Å². The molecule has 0 aliphatic rings. The highest BCUT2D eigenvalue weighted by atomic mass is 32.1. The lowest BCUT2D eigenvalue weighted by molar-refractivity contribution is 0.0526. The molecule has 0 saturated heterocycles. The van der Waals surface area contributed by atoms with Gasteiger partial charge in [0.15, 0.2) is 5.11 Å². The van der Waals surface area contributed by atoms with Crippen molar-refractivity contribution in [3.8, 4) is 0 Å². The van der Waals surface area contributed by atoms with Crippen molar-refractivity contribution in [2.45, 2.75) is 33.7 Å². The van der Waals surface area contributed by atoms with Crippen molar-refractivity contribution >= 4 is 29.0 Å². The number of carbonyl (C=O) groups is 1. The highest BCUT2D eigenvalue weighted by Crippen LogP contribution is 2.26. The fraction of sp³-hybridized carbons (Fsp3) is 0.231. The van der Waals surface area contributed by atoms with Crippen molar-refractivity contribution in [3.63, 3.8) is 0 Å². The lowest BCUT2D eigenvalue weighted by Crippen LogP contribution is -2.33. The molecule has 4 nitrogen and oxygen atoms in total. The van der Waals surface area contributed by atoms with E-state index in [0.29, 0.717) is 17.3 Å². The molecule has 0 amide bonds. The Kier molecular flexibility index (Phi) is 7.42. The average Bonchev–Trinajstić information content (AvgIpc) is 2.75. The van der Waals surface area contributed by atoms with Gasteiger partial charge in [-0.3, -0.25) is 0 Å². The zero-order chi connectivity index (χ0) is 22.4. The van der Waals surface area contributed by atoms with Crippen molar-refractivity contribution in [2.24, 2.45) is 0 Å². The molecule has 0 spiro atoms. The van der Waals surface area contributed by atoms with E-state index in [0.717, 1.165) is 22.4 Å². The van der Waals surface area contributed by atoms with Crippen molar-refractivity contribution in [1.29, 1.82) is 0 Å². The molecule has 31 heavy (non-hydrogen) atoms. The van der Waals surface area contributed by atoms with Gasteiger partial charge in [-0.25, -0.2) is 4.79 Å². The zero-order valence-corrected chi connectivity index (χ0v) is 19.2. The summed E-state index contributed by atoms with van der Waals surface area (Å²) in [7, 11) is 0. The van der Waals surface area contributed by atoms with Gasteiger partial charge in [-0.1, -0.05) is 60.2 Å². The molecular weight excluding hydrogens is 404 g/mol. The van der Waals surface area contributed by atoms with E-state index in [2.05, 4.69) is 54.8 Å². The van der Waals surface area contributed by atoms with E-state index in [1.54, 1.807) is 19.1 Å². The van der Waals surface area contributed by atoms with Gasteiger partial charge in [0.2, 0.25) is 0 Å². The number of hydrogen-bond donors (Lipinski definition) is 2. The highest BCUT2D eigenvalue weighted by Gasteiger charge is 2.18. The Morgan fingerprint density at radius 3 is 2.39 bits per heavy atom. The molecule has 5 heteroatoms. The first-order valence-corrected chi connectivity index (χ1v) is 10.8. The van der Waals surface area contributed by atoms with Crippen molar-refractivity contribution in [3.05, 3.63) is 100 Å². The second-order valence-corrected chi connectivity index (χ2v) is 7.96. The molecule has 3 aromatic carbocycles. The van der Waals surface area contributed by atoms with Crippen LogP contribution in [0, 0.1) is 20.8 Å². The van der Waals surface area contributed by atoms with Crippen molar-refractivity contribution < 1.29 is 9.53 Å². The number of aryl methyl sites for hydroxylation is 3. The number of benzene rings is 3. The Hall–Kier alpha value is -3.18. The molecule has 0 saturated carbocycles. The van der Waals surface area contributed by atoms with Gasteiger partial charge in [-0.15, -0.1) is 0 Å². The maximum atomic E-state index is 12.1. The first-order valence-electron chi connectivity index (χ1n) is 10.4. The predicted octanol–water partition coefficient (Wildman–Crippen LogP) is 5.86. The summed E-state index contributed by atoms with van der Waals surface area (Å²) in [6, 6.07) is 22.0. The van der Waals surface area contributed by atoms with Crippen LogP contribution >= 0.6 is 12.2 Å². The molecule has 0 radical (unpaired) electrons. The summed E-state index contributed by atoms with van der Waals surface area (Å²) in [6.07, 6.45) is 0.